The third kappa shape index (κ3) is 32.7. The van der Waals surface area contributed by atoms with Crippen LogP contribution in [0.25, 0.3) is 0 Å². The standard InChI is InChI=1S/C51H91O12P/c1-3-5-7-9-11-13-15-17-19-21-22-23-24-25-26-28-30-32-34-36-38-40-45(52)62-44(43-61-64(58,59)63-51-49(56)47(54)46(53)48(55)50(51)57)42-60-41-39-37-35-33-31-29-27-20-18-16-14-12-10-8-6-4-2/h6,8,12,14,18,20-22,29,31,44,46-51,53-57H,3-5,7,9-11,13,15-17,19,23-28,30,32-43H2,1-2H3,(H,58,59)/b8-6-,14-12-,20-18-,22-21-,31-29-. The molecule has 6 N–H and O–H groups in total. The van der Waals surface area contributed by atoms with E-state index in [0.29, 0.717) is 13.0 Å². The average molecular weight is 927 g/mol. The second kappa shape index (κ2) is 41.2. The number of allylic oxidation sites excluding steroid dienone is 10. The van der Waals surface area contributed by atoms with Gasteiger partial charge in [-0.25, -0.2) is 4.57 Å². The summed E-state index contributed by atoms with van der Waals surface area (Å²) in [4.78, 5) is 23.2. The Kier molecular flexibility index (Phi) is 38.7. The molecule has 0 heterocycles. The highest BCUT2D eigenvalue weighted by atomic mass is 31.2. The molecule has 12 nitrogen and oxygen atoms in total. The molecule has 372 valence electrons. The zero-order valence-corrected chi connectivity index (χ0v) is 40.7. The van der Waals surface area contributed by atoms with Crippen LogP contribution in [0.4, 0.5) is 0 Å². The smallest absolute Gasteiger partial charge is 0.457 e. The summed E-state index contributed by atoms with van der Waals surface area (Å²) in [6.07, 6.45) is 40.1. The largest absolute Gasteiger partial charge is 0.472 e. The molecule has 0 amide bonds. The van der Waals surface area contributed by atoms with Crippen LogP contribution in [0.1, 0.15) is 194 Å². The summed E-state index contributed by atoms with van der Waals surface area (Å²) in [5.41, 5.74) is 0. The molecule has 0 saturated heterocycles. The minimum atomic E-state index is -5.03. The molecule has 0 spiro atoms. The summed E-state index contributed by atoms with van der Waals surface area (Å²) in [5, 5.41) is 50.3. The Labute approximate surface area is 387 Å². The fraction of sp³-hybridized carbons (Fsp3) is 0.784. The number of carbonyl (C=O) groups is 1. The molecule has 64 heavy (non-hydrogen) atoms. The molecule has 0 radical (unpaired) electrons. The number of hydrogen-bond donors (Lipinski definition) is 6. The van der Waals surface area contributed by atoms with E-state index in [1.54, 1.807) is 0 Å². The van der Waals surface area contributed by atoms with Crippen molar-refractivity contribution in [3.05, 3.63) is 60.8 Å². The van der Waals surface area contributed by atoms with E-state index >= 15 is 0 Å². The Balaban J connectivity index is 2.37. The monoisotopic (exact) mass is 927 g/mol. The van der Waals surface area contributed by atoms with Gasteiger partial charge in [-0.15, -0.1) is 0 Å². The quantitative estimate of drug-likeness (QED) is 0.0147. The van der Waals surface area contributed by atoms with Crippen molar-refractivity contribution in [2.24, 2.45) is 0 Å². The molecular formula is C51H91O12P. The molecule has 1 fully saturated rings. The molecule has 6 atom stereocenters. The molecule has 0 bridgehead atoms. The van der Waals surface area contributed by atoms with Crippen LogP contribution in [0.3, 0.4) is 0 Å². The van der Waals surface area contributed by atoms with E-state index in [0.717, 1.165) is 70.6 Å². The number of aliphatic hydroxyl groups is 5. The van der Waals surface area contributed by atoms with Crippen LogP contribution >= 0.6 is 7.82 Å². The van der Waals surface area contributed by atoms with Gasteiger partial charge < -0.3 is 39.9 Å². The van der Waals surface area contributed by atoms with Crippen molar-refractivity contribution in [2.45, 2.75) is 236 Å². The summed E-state index contributed by atoms with van der Waals surface area (Å²) in [6, 6.07) is 0. The van der Waals surface area contributed by atoms with Crippen LogP contribution in [0, 0.1) is 0 Å². The topological polar surface area (TPSA) is 192 Å². The van der Waals surface area contributed by atoms with Crippen molar-refractivity contribution in [1.82, 2.24) is 0 Å². The van der Waals surface area contributed by atoms with Gasteiger partial charge in [0.1, 0.15) is 42.7 Å². The van der Waals surface area contributed by atoms with Gasteiger partial charge in [-0.05, 0) is 77.0 Å². The maximum Gasteiger partial charge on any atom is 0.472 e. The Morgan fingerprint density at radius 1 is 0.516 bits per heavy atom. The SMILES string of the molecule is CC/C=C\C/C=C\C/C=C\C/C=C\CCCCCOCC(COP(=O)(O)OC1C(O)C(O)C(O)C(O)C1O)OC(=O)CCCCCCCCCCC/C=C\CCCCCCCCCC. The number of aliphatic hydroxyl groups excluding tert-OH is 5. The summed E-state index contributed by atoms with van der Waals surface area (Å²) in [7, 11) is -5.03. The Morgan fingerprint density at radius 2 is 0.922 bits per heavy atom. The van der Waals surface area contributed by atoms with Crippen LogP contribution in [0.2, 0.25) is 0 Å². The van der Waals surface area contributed by atoms with Crippen molar-refractivity contribution in [1.29, 1.82) is 0 Å². The molecular weight excluding hydrogens is 836 g/mol. The lowest BCUT2D eigenvalue weighted by molar-refractivity contribution is -0.220. The number of esters is 1. The number of hydrogen-bond acceptors (Lipinski definition) is 11. The number of phosphoric ester groups is 1. The van der Waals surface area contributed by atoms with Crippen LogP contribution in [0.5, 0.6) is 0 Å². The van der Waals surface area contributed by atoms with Gasteiger partial charge in [0.2, 0.25) is 0 Å². The highest BCUT2D eigenvalue weighted by Gasteiger charge is 2.51. The first-order valence-electron chi connectivity index (χ1n) is 25.1. The van der Waals surface area contributed by atoms with Crippen LogP contribution in [-0.2, 0) is 27.9 Å². The molecule has 13 heteroatoms. The fourth-order valence-electron chi connectivity index (χ4n) is 7.40. The summed E-state index contributed by atoms with van der Waals surface area (Å²) in [6.45, 7) is 4.08. The van der Waals surface area contributed by atoms with Crippen molar-refractivity contribution < 1.29 is 58.3 Å². The molecule has 0 aliphatic heterocycles. The van der Waals surface area contributed by atoms with Gasteiger partial charge in [0.05, 0.1) is 13.2 Å². The van der Waals surface area contributed by atoms with Gasteiger partial charge in [-0.2, -0.15) is 0 Å². The van der Waals surface area contributed by atoms with Crippen molar-refractivity contribution in [3.8, 4) is 0 Å². The lowest BCUT2D eigenvalue weighted by Gasteiger charge is -2.41. The van der Waals surface area contributed by atoms with E-state index in [2.05, 4.69) is 74.6 Å². The summed E-state index contributed by atoms with van der Waals surface area (Å²) in [5.74, 6) is -0.492. The molecule has 1 aliphatic carbocycles. The van der Waals surface area contributed by atoms with E-state index in [1.807, 2.05) is 0 Å². The first-order valence-corrected chi connectivity index (χ1v) is 26.6. The van der Waals surface area contributed by atoms with E-state index in [4.69, 9.17) is 18.5 Å². The molecule has 0 aromatic carbocycles. The second-order valence-corrected chi connectivity index (χ2v) is 18.7. The molecule has 0 aromatic heterocycles. The number of unbranched alkanes of at least 4 members (excludes halogenated alkanes) is 20. The minimum Gasteiger partial charge on any atom is -0.457 e. The van der Waals surface area contributed by atoms with Crippen LogP contribution < -0.4 is 0 Å². The van der Waals surface area contributed by atoms with E-state index in [9.17, 15) is 39.8 Å². The maximum absolute atomic E-state index is 12.8. The Morgan fingerprint density at radius 3 is 1.42 bits per heavy atom. The van der Waals surface area contributed by atoms with Gasteiger partial charge in [-0.1, -0.05) is 171 Å². The lowest BCUT2D eigenvalue weighted by atomic mass is 9.85. The normalized spacial score (nSPS) is 22.2. The molecule has 6 unspecified atom stereocenters. The van der Waals surface area contributed by atoms with Crippen LogP contribution in [-0.4, -0.2) is 98.9 Å². The second-order valence-electron chi connectivity index (χ2n) is 17.3. The molecule has 1 saturated carbocycles. The molecule has 1 rings (SSSR count). The third-order valence-electron chi connectivity index (χ3n) is 11.4. The van der Waals surface area contributed by atoms with E-state index < -0.39 is 63.1 Å². The van der Waals surface area contributed by atoms with Crippen molar-refractivity contribution >= 4 is 13.8 Å². The molecule has 1 aliphatic rings. The van der Waals surface area contributed by atoms with Gasteiger partial charge >= 0.3 is 13.8 Å². The first kappa shape index (κ1) is 60.1. The fourth-order valence-corrected chi connectivity index (χ4v) is 8.37. The predicted molar refractivity (Wildman–Crippen MR) is 258 cm³/mol. The van der Waals surface area contributed by atoms with E-state index in [-0.39, 0.29) is 13.0 Å². The zero-order chi connectivity index (χ0) is 46.9. The highest BCUT2D eigenvalue weighted by Crippen LogP contribution is 2.47. The lowest BCUT2D eigenvalue weighted by Crippen LogP contribution is -2.64. The third-order valence-corrected chi connectivity index (χ3v) is 12.4. The number of rotatable bonds is 42. The Hall–Kier alpha value is -1.96. The van der Waals surface area contributed by atoms with Crippen LogP contribution in [0.15, 0.2) is 60.8 Å². The number of carbonyl (C=O) groups excluding carboxylic acids is 1. The minimum absolute atomic E-state index is 0.101. The van der Waals surface area contributed by atoms with Gasteiger partial charge in [0.25, 0.3) is 0 Å². The first-order chi connectivity index (χ1) is 31.0. The summed E-state index contributed by atoms with van der Waals surface area (Å²) >= 11 is 0. The number of ether oxygens (including phenoxy) is 2. The number of phosphoric acid groups is 1. The van der Waals surface area contributed by atoms with Gasteiger partial charge in [0, 0.05) is 13.0 Å². The molecule has 0 aromatic rings. The van der Waals surface area contributed by atoms with Crippen molar-refractivity contribution in [2.75, 3.05) is 19.8 Å². The van der Waals surface area contributed by atoms with E-state index in [1.165, 1.54) is 96.3 Å². The maximum atomic E-state index is 12.8. The Bertz CT molecular complexity index is 1290. The highest BCUT2D eigenvalue weighted by molar-refractivity contribution is 7.47. The summed E-state index contributed by atoms with van der Waals surface area (Å²) < 4.78 is 34.2. The van der Waals surface area contributed by atoms with Crippen molar-refractivity contribution in [3.63, 3.8) is 0 Å². The average Bonchev–Trinajstić information content (AvgIpc) is 3.28. The van der Waals surface area contributed by atoms with Gasteiger partial charge in [0.15, 0.2) is 0 Å². The van der Waals surface area contributed by atoms with Gasteiger partial charge in [-0.3, -0.25) is 13.8 Å². The zero-order valence-electron chi connectivity index (χ0n) is 39.8. The predicted octanol–water partition coefficient (Wildman–Crippen LogP) is 11.0.